The van der Waals surface area contributed by atoms with E-state index in [1.165, 1.54) is 25.3 Å². The maximum Gasteiger partial charge on any atom is 0.311 e. The summed E-state index contributed by atoms with van der Waals surface area (Å²) < 4.78 is 18.2. The minimum absolute atomic E-state index is 0.00903. The van der Waals surface area contributed by atoms with Gasteiger partial charge in [0.2, 0.25) is 0 Å². The summed E-state index contributed by atoms with van der Waals surface area (Å²) in [6.45, 7) is 1.72. The van der Waals surface area contributed by atoms with Gasteiger partial charge in [0, 0.05) is 5.56 Å². The highest BCUT2D eigenvalue weighted by atomic mass is 35.5. The Morgan fingerprint density at radius 3 is 2.76 bits per heavy atom. The highest BCUT2D eigenvalue weighted by Crippen LogP contribution is 2.30. The smallest absolute Gasteiger partial charge is 0.311 e. The Kier molecular flexibility index (Phi) is 4.90. The van der Waals surface area contributed by atoms with Crippen molar-refractivity contribution >= 4 is 17.6 Å². The molecule has 0 aliphatic heterocycles. The third-order valence-corrected chi connectivity index (χ3v) is 2.92. The van der Waals surface area contributed by atoms with Gasteiger partial charge in [-0.3, -0.25) is 4.79 Å². The van der Waals surface area contributed by atoms with E-state index in [0.717, 1.165) is 0 Å². The Morgan fingerprint density at radius 1 is 1.59 bits per heavy atom. The van der Waals surface area contributed by atoms with Crippen molar-refractivity contribution in [3.63, 3.8) is 0 Å². The monoisotopic (exact) mass is 260 g/mol. The second-order valence-electron chi connectivity index (χ2n) is 3.63. The molecule has 1 N–H and O–H groups in total. The number of hydrogen-bond acceptors (Lipinski definition) is 3. The molecule has 0 aromatic heterocycles. The van der Waals surface area contributed by atoms with Gasteiger partial charge >= 0.3 is 5.97 Å². The number of rotatable bonds is 4. The summed E-state index contributed by atoms with van der Waals surface area (Å²) in [6, 6.07) is 4.30. The lowest BCUT2D eigenvalue weighted by molar-refractivity contribution is -0.149. The van der Waals surface area contributed by atoms with Crippen molar-refractivity contribution in [2.24, 2.45) is 5.92 Å². The van der Waals surface area contributed by atoms with Crippen LogP contribution in [0.4, 0.5) is 4.39 Å². The zero-order valence-electron chi connectivity index (χ0n) is 9.61. The normalized spacial score (nSPS) is 14.2. The number of carbonyl (C=O) groups excluding carboxylic acids is 1. The van der Waals surface area contributed by atoms with Gasteiger partial charge in [0.25, 0.3) is 0 Å². The lowest BCUT2D eigenvalue weighted by Crippen LogP contribution is -2.23. The highest BCUT2D eigenvalue weighted by molar-refractivity contribution is 6.30. The number of esters is 1. The van der Waals surface area contributed by atoms with Crippen LogP contribution in [0.1, 0.15) is 25.0 Å². The number of hydrogen-bond donors (Lipinski definition) is 1. The fraction of sp³-hybridized carbons (Fsp3) is 0.417. The summed E-state index contributed by atoms with van der Waals surface area (Å²) in [4.78, 5) is 11.4. The number of methoxy groups -OCH3 is 1. The first kappa shape index (κ1) is 13.9. The van der Waals surface area contributed by atoms with Crippen molar-refractivity contribution in [2.75, 3.05) is 7.11 Å². The van der Waals surface area contributed by atoms with E-state index < -0.39 is 23.8 Å². The van der Waals surface area contributed by atoms with Crippen LogP contribution in [0, 0.1) is 11.7 Å². The topological polar surface area (TPSA) is 46.5 Å². The molecule has 2 unspecified atom stereocenters. The van der Waals surface area contributed by atoms with Gasteiger partial charge in [0.05, 0.1) is 24.2 Å². The van der Waals surface area contributed by atoms with E-state index in [4.69, 9.17) is 11.6 Å². The molecule has 0 amide bonds. The number of ether oxygens (including phenoxy) is 1. The predicted molar refractivity (Wildman–Crippen MR) is 62.2 cm³/mol. The Morgan fingerprint density at radius 2 is 2.24 bits per heavy atom. The van der Waals surface area contributed by atoms with E-state index in [2.05, 4.69) is 4.74 Å². The fourth-order valence-corrected chi connectivity index (χ4v) is 1.82. The summed E-state index contributed by atoms with van der Waals surface area (Å²) in [5, 5.41) is 9.91. The number of aliphatic hydroxyl groups is 1. The number of halogens is 2. The Labute approximate surface area is 104 Å². The lowest BCUT2D eigenvalue weighted by Gasteiger charge is -2.20. The van der Waals surface area contributed by atoms with Crippen LogP contribution in [-0.2, 0) is 9.53 Å². The molecule has 0 bridgehead atoms. The first-order valence-electron chi connectivity index (χ1n) is 5.22. The first-order valence-corrected chi connectivity index (χ1v) is 5.60. The van der Waals surface area contributed by atoms with E-state index in [0.29, 0.717) is 6.42 Å². The molecule has 94 valence electrons. The van der Waals surface area contributed by atoms with Gasteiger partial charge < -0.3 is 9.84 Å². The minimum atomic E-state index is -1.26. The Balaban J connectivity index is 3.06. The zero-order chi connectivity index (χ0) is 13.0. The van der Waals surface area contributed by atoms with E-state index >= 15 is 0 Å². The molecule has 1 aromatic rings. The van der Waals surface area contributed by atoms with Gasteiger partial charge in [-0.25, -0.2) is 4.39 Å². The highest BCUT2D eigenvalue weighted by Gasteiger charge is 2.29. The summed E-state index contributed by atoms with van der Waals surface area (Å²) in [6.07, 6.45) is -0.911. The van der Waals surface area contributed by atoms with Crippen LogP contribution >= 0.6 is 11.6 Å². The summed E-state index contributed by atoms with van der Waals surface area (Å²) in [5.41, 5.74) is 0.00903. The fourth-order valence-electron chi connectivity index (χ4n) is 1.64. The number of aliphatic hydroxyl groups excluding tert-OH is 1. The van der Waals surface area contributed by atoms with Crippen molar-refractivity contribution in [3.05, 3.63) is 34.6 Å². The molecule has 0 saturated carbocycles. The molecule has 0 heterocycles. The third kappa shape index (κ3) is 2.96. The molecule has 0 fully saturated rings. The zero-order valence-corrected chi connectivity index (χ0v) is 10.4. The van der Waals surface area contributed by atoms with E-state index in [1.54, 1.807) is 6.92 Å². The lowest BCUT2D eigenvalue weighted by atomic mass is 9.93. The van der Waals surface area contributed by atoms with Crippen LogP contribution in [0.5, 0.6) is 0 Å². The second-order valence-corrected chi connectivity index (χ2v) is 4.03. The van der Waals surface area contributed by atoms with Crippen LogP contribution in [0.3, 0.4) is 0 Å². The van der Waals surface area contributed by atoms with Gasteiger partial charge in [-0.15, -0.1) is 0 Å². The van der Waals surface area contributed by atoms with Gasteiger partial charge in [-0.2, -0.15) is 0 Å². The molecule has 0 radical (unpaired) electrons. The molecule has 17 heavy (non-hydrogen) atoms. The average Bonchev–Trinajstić information content (AvgIpc) is 2.33. The van der Waals surface area contributed by atoms with Crippen LogP contribution in [0.2, 0.25) is 5.02 Å². The number of benzene rings is 1. The predicted octanol–water partition coefficient (Wildman–Crippen LogP) is 2.71. The van der Waals surface area contributed by atoms with Gasteiger partial charge in [0.1, 0.15) is 5.82 Å². The van der Waals surface area contributed by atoms with Gasteiger partial charge in [-0.1, -0.05) is 30.7 Å². The third-order valence-electron chi connectivity index (χ3n) is 2.62. The molecular formula is C12H14ClFO3. The van der Waals surface area contributed by atoms with Crippen molar-refractivity contribution in [1.29, 1.82) is 0 Å². The summed E-state index contributed by atoms with van der Waals surface area (Å²) >= 11 is 5.62. The van der Waals surface area contributed by atoms with E-state index in [-0.39, 0.29) is 10.6 Å². The van der Waals surface area contributed by atoms with Gasteiger partial charge in [-0.05, 0) is 12.5 Å². The SMILES string of the molecule is CCC(C(=O)OC)C(O)c1cccc(Cl)c1F. The maximum absolute atomic E-state index is 13.7. The van der Waals surface area contributed by atoms with Gasteiger partial charge in [0.15, 0.2) is 0 Å². The molecule has 1 rings (SSSR count). The second kappa shape index (κ2) is 5.98. The quantitative estimate of drug-likeness (QED) is 0.847. The minimum Gasteiger partial charge on any atom is -0.469 e. The molecule has 5 heteroatoms. The maximum atomic E-state index is 13.7. The Bertz CT molecular complexity index is 409. The molecular weight excluding hydrogens is 247 g/mol. The molecule has 0 spiro atoms. The molecule has 2 atom stereocenters. The average molecular weight is 261 g/mol. The summed E-state index contributed by atoms with van der Waals surface area (Å²) in [7, 11) is 1.23. The number of carbonyl (C=O) groups is 1. The van der Waals surface area contributed by atoms with Crippen molar-refractivity contribution in [3.8, 4) is 0 Å². The molecule has 0 aliphatic rings. The molecule has 3 nitrogen and oxygen atoms in total. The Hall–Kier alpha value is -1.13. The van der Waals surface area contributed by atoms with E-state index in [1.807, 2.05) is 0 Å². The van der Waals surface area contributed by atoms with Crippen molar-refractivity contribution < 1.29 is 19.0 Å². The standard InChI is InChI=1S/C12H14ClFO3/c1-3-7(12(16)17-2)11(15)8-5-4-6-9(13)10(8)14/h4-7,11,15H,3H2,1-2H3. The van der Waals surface area contributed by atoms with E-state index in [9.17, 15) is 14.3 Å². The molecule has 0 aliphatic carbocycles. The van der Waals surface area contributed by atoms with Crippen LogP contribution < -0.4 is 0 Å². The largest absolute Gasteiger partial charge is 0.469 e. The van der Waals surface area contributed by atoms with Crippen molar-refractivity contribution in [1.82, 2.24) is 0 Å². The van der Waals surface area contributed by atoms with Crippen molar-refractivity contribution in [2.45, 2.75) is 19.4 Å². The summed E-state index contributed by atoms with van der Waals surface area (Å²) in [5.74, 6) is -2.07. The first-order chi connectivity index (χ1) is 8.02. The molecule has 1 aromatic carbocycles. The van der Waals surface area contributed by atoms with Crippen LogP contribution in [0.15, 0.2) is 18.2 Å². The molecule has 0 saturated heterocycles. The van der Waals surface area contributed by atoms with Crippen LogP contribution in [-0.4, -0.2) is 18.2 Å². The van der Waals surface area contributed by atoms with Crippen LogP contribution in [0.25, 0.3) is 0 Å².